The Kier molecular flexibility index (Phi) is 36.7. The first-order valence-corrected chi connectivity index (χ1v) is 43.5. The number of nitrogens with two attached hydrogens (primary N) is 3. The van der Waals surface area contributed by atoms with Crippen LogP contribution >= 0.6 is 11.8 Å². The van der Waals surface area contributed by atoms with Crippen LogP contribution in [0, 0.1) is 5.92 Å². The van der Waals surface area contributed by atoms with Gasteiger partial charge >= 0.3 is 0 Å². The molecule has 3 aromatic carbocycles. The van der Waals surface area contributed by atoms with Gasteiger partial charge in [0.15, 0.2) is 0 Å². The highest BCUT2D eigenvalue weighted by Crippen LogP contribution is 2.28. The van der Waals surface area contributed by atoms with E-state index in [-0.39, 0.29) is 76.0 Å². The molecule has 0 bridgehead atoms. The number of aliphatic hydroxyl groups excluding tert-OH is 2. The minimum Gasteiger partial charge on any atom is -0.508 e. The lowest BCUT2D eigenvalue weighted by molar-refractivity contribution is -0.149. The van der Waals surface area contributed by atoms with Crippen molar-refractivity contribution in [1.82, 2.24) is 87.6 Å². The second-order valence-corrected chi connectivity index (χ2v) is 33.6. The highest BCUT2D eigenvalue weighted by Gasteiger charge is 2.46. The minimum absolute atomic E-state index is 0.00936. The number of unbranched alkanes of at least 4 members (excludes halogenated alkanes) is 2. The molecule has 5 aromatic rings. The fourth-order valence-electron chi connectivity index (χ4n) is 15.5. The number of rotatable bonds is 21. The van der Waals surface area contributed by atoms with Gasteiger partial charge in [0.05, 0.1) is 31.4 Å². The second kappa shape index (κ2) is 46.6. The summed E-state index contributed by atoms with van der Waals surface area (Å²) in [5.41, 5.74) is 19.9. The van der Waals surface area contributed by atoms with Crippen LogP contribution < -0.4 is 70.4 Å². The van der Waals surface area contributed by atoms with Gasteiger partial charge in [-0.1, -0.05) is 102 Å². The Morgan fingerprint density at radius 2 is 1.07 bits per heavy atom. The summed E-state index contributed by atoms with van der Waals surface area (Å²) in [6.07, 6.45) is 1.80. The van der Waals surface area contributed by atoms with Gasteiger partial charge in [-0.2, -0.15) is 0 Å². The third-order valence-electron chi connectivity index (χ3n) is 22.7. The van der Waals surface area contributed by atoms with Crippen LogP contribution in [0.15, 0.2) is 85.2 Å². The summed E-state index contributed by atoms with van der Waals surface area (Å²) in [5, 5.41) is 59.8. The molecule has 3 fully saturated rings. The van der Waals surface area contributed by atoms with Gasteiger partial charge in [-0.25, -0.2) is 0 Å². The van der Waals surface area contributed by atoms with Crippen molar-refractivity contribution in [3.8, 4) is 5.75 Å². The molecule has 3 saturated heterocycles. The number of aromatic amines is 2. The van der Waals surface area contributed by atoms with Crippen molar-refractivity contribution in [3.05, 3.63) is 102 Å². The molecule has 5 heterocycles. The highest BCUT2D eigenvalue weighted by atomic mass is 32.2. The molecule has 3 aliphatic rings. The number of carbonyl (C=O) groups excluding carboxylic acids is 17. The van der Waals surface area contributed by atoms with Crippen LogP contribution in [0.3, 0.4) is 0 Å². The van der Waals surface area contributed by atoms with E-state index in [1.54, 1.807) is 74.8 Å². The molecule has 0 spiro atoms. The Balaban J connectivity index is 1.16. The van der Waals surface area contributed by atoms with Crippen LogP contribution in [-0.2, 0) is 101 Å². The molecule has 17 amide bonds. The van der Waals surface area contributed by atoms with Gasteiger partial charge in [0, 0.05) is 106 Å². The summed E-state index contributed by atoms with van der Waals surface area (Å²) in [7, 11) is 3.92. The van der Waals surface area contributed by atoms with Crippen LogP contribution in [0.25, 0.3) is 21.8 Å². The first kappa shape index (κ1) is 99.2. The lowest BCUT2D eigenvalue weighted by Crippen LogP contribution is -2.62. The lowest BCUT2D eigenvalue weighted by Gasteiger charge is -2.36. The van der Waals surface area contributed by atoms with E-state index in [4.69, 9.17) is 17.2 Å². The van der Waals surface area contributed by atoms with Crippen LogP contribution in [0.4, 0.5) is 0 Å². The molecule has 41 heteroatoms. The average Bonchev–Trinajstić information content (AvgIpc) is 1.71. The van der Waals surface area contributed by atoms with E-state index in [0.29, 0.717) is 64.2 Å². The molecule has 686 valence electrons. The maximum absolute atomic E-state index is 15.6. The number of fused-ring (bicyclic) bond motifs is 4. The molecule has 2 aromatic heterocycles. The quantitative estimate of drug-likeness (QED) is 0.0344. The summed E-state index contributed by atoms with van der Waals surface area (Å²) < 4.78 is 0. The molecule has 0 saturated carbocycles. The Labute approximate surface area is 733 Å². The normalized spacial score (nSPS) is 25.8. The smallest absolute Gasteiger partial charge is 0.246 e. The average molecular weight is 1770 g/mol. The summed E-state index contributed by atoms with van der Waals surface area (Å²) in [4.78, 5) is 257. The number of thioether (sulfide) groups is 1. The number of nitrogens with one attached hydrogen (secondary N) is 12. The van der Waals surface area contributed by atoms with E-state index in [9.17, 15) is 68.1 Å². The zero-order valence-corrected chi connectivity index (χ0v) is 73.1. The number of para-hydroxylation sites is 2. The molecule has 0 aliphatic carbocycles. The monoisotopic (exact) mass is 1770 g/mol. The molecule has 3 aliphatic heterocycles. The second-order valence-electron chi connectivity index (χ2n) is 32.6. The zero-order valence-electron chi connectivity index (χ0n) is 72.3. The molecule has 0 radical (unpaired) electrons. The number of benzene rings is 3. The van der Waals surface area contributed by atoms with E-state index in [1.807, 2.05) is 13.8 Å². The van der Waals surface area contributed by atoms with E-state index in [2.05, 4.69) is 63.1 Å². The van der Waals surface area contributed by atoms with Gasteiger partial charge < -0.3 is 120 Å². The molecule has 126 heavy (non-hydrogen) atoms. The fraction of sp³-hybridized carbons (Fsp3) is 0.541. The van der Waals surface area contributed by atoms with Crippen molar-refractivity contribution < 1.29 is 96.8 Å². The number of nitrogens with zero attached hydrogens (tertiary/aromatic N) is 5. The maximum Gasteiger partial charge on any atom is 0.246 e. The SMILES string of the molecule is CCCC[C@H]1C(=O)N(C)[C@@H](CCCC)C(=O)N[C@@H](C)C(=O)N[C@H](C(=O)NCC(N)=O)CSCC(=O)N[C@@H](Cc2ccc(O)cc2)C(=O)N(C)[C@@H](C)C(=O)N[C@@H](CC(N)=O)C(=O)N2CCC[C@H]2C(=O)N[C@@H](CN)C(=O)N[C@@H](CC(C)C)C(=O)N2C[C@H](O)C[C@H]2C(=O)N[C@@H](Cc2c[nH]c3ccccc23)C(=O)N[C@@H](CO)C(=O)N[C@@H](Cc2c[nH]c3ccccc23)C(=O)N1C. The first-order chi connectivity index (χ1) is 59.9. The maximum atomic E-state index is 15.6. The lowest BCUT2D eigenvalue weighted by atomic mass is 10.00. The van der Waals surface area contributed by atoms with E-state index < -0.39 is 235 Å². The van der Waals surface area contributed by atoms with Crippen molar-refractivity contribution in [2.45, 2.75) is 222 Å². The Hall–Kier alpha value is -12.2. The number of hydrogen-bond acceptors (Lipinski definition) is 22. The number of likely N-dealkylation sites (N-methyl/N-ethyl adjacent to an activating group) is 3. The molecular weight excluding hydrogens is 1650 g/mol. The number of amides is 17. The van der Waals surface area contributed by atoms with E-state index in [1.165, 1.54) is 59.3 Å². The Morgan fingerprint density at radius 3 is 1.67 bits per heavy atom. The number of H-pyrrole nitrogens is 2. The molecule has 21 N–H and O–H groups in total. The van der Waals surface area contributed by atoms with E-state index >= 15 is 28.8 Å². The number of phenolic OH excluding ortho intramolecular Hbond substituents is 1. The summed E-state index contributed by atoms with van der Waals surface area (Å²) in [6.45, 7) is 6.80. The van der Waals surface area contributed by atoms with Crippen molar-refractivity contribution in [2.24, 2.45) is 23.1 Å². The fourth-order valence-corrected chi connectivity index (χ4v) is 16.4. The largest absolute Gasteiger partial charge is 0.508 e. The summed E-state index contributed by atoms with van der Waals surface area (Å²) in [6, 6.07) is -1.77. The third-order valence-corrected chi connectivity index (χ3v) is 23.7. The molecule has 0 unspecified atom stereocenters. The number of aromatic nitrogens is 2. The summed E-state index contributed by atoms with van der Waals surface area (Å²) >= 11 is 0.781. The van der Waals surface area contributed by atoms with Gasteiger partial charge in [-0.3, -0.25) is 81.5 Å². The topological polar surface area (TPSA) is 597 Å². The van der Waals surface area contributed by atoms with Gasteiger partial charge in [0.25, 0.3) is 0 Å². The number of carbonyl (C=O) groups is 17. The van der Waals surface area contributed by atoms with Crippen molar-refractivity contribution in [2.75, 3.05) is 65.4 Å². The van der Waals surface area contributed by atoms with E-state index in [0.717, 1.165) is 36.3 Å². The van der Waals surface area contributed by atoms with Gasteiger partial charge in [-0.05, 0) is 92.8 Å². The summed E-state index contributed by atoms with van der Waals surface area (Å²) in [5.74, 6) is -17.3. The van der Waals surface area contributed by atoms with Crippen molar-refractivity contribution >= 4 is 134 Å². The van der Waals surface area contributed by atoms with Gasteiger partial charge in [-0.15, -0.1) is 11.8 Å². The number of hydrogen-bond donors (Lipinski definition) is 18. The molecular formula is C85H120N20O20S. The van der Waals surface area contributed by atoms with Gasteiger partial charge in [0.2, 0.25) is 100 Å². The highest BCUT2D eigenvalue weighted by molar-refractivity contribution is 8.00. The van der Waals surface area contributed by atoms with Crippen LogP contribution in [0.1, 0.15) is 129 Å². The minimum atomic E-state index is -1.87. The number of aliphatic hydroxyl groups is 2. The Morgan fingerprint density at radius 1 is 0.548 bits per heavy atom. The Bertz CT molecular complexity index is 4760. The zero-order chi connectivity index (χ0) is 92.5. The molecule has 40 nitrogen and oxygen atoms in total. The van der Waals surface area contributed by atoms with Crippen LogP contribution in [-0.4, -0.2) is 306 Å². The predicted octanol–water partition coefficient (Wildman–Crippen LogP) is -3.18. The van der Waals surface area contributed by atoms with Crippen LogP contribution in [0.5, 0.6) is 5.75 Å². The number of primary amides is 2. The third kappa shape index (κ3) is 26.7. The predicted molar refractivity (Wildman–Crippen MR) is 463 cm³/mol. The first-order valence-electron chi connectivity index (χ1n) is 42.3. The van der Waals surface area contributed by atoms with Crippen molar-refractivity contribution in [3.63, 3.8) is 0 Å². The standard InChI is InChI=1S/C85H120N20O20S/c1-10-12-23-65-78(118)92-46(5)72(112)100-64(74(114)91-40-70(88)110)43-126-44-71(111)93-59(32-48-26-28-51(107)29-27-48)81(121)101(7)47(6)73(113)95-61(36-69(87)109)83(123)104-30-18-25-66(104)79(119)98-62(37-86)76(116)96-58(31-45(3)4)84(124)105-41-52(108)35-68(105)80(120)94-57(33-49-38-89-55-21-16-14-19-53(49)55)75(115)99-63(42-106)77(117)97-60(34-50-39-90-56-22-17-15-20-54(50)56)82(122)103(9)67(24-13-11-2)85(125)102(65)8/h14-17,19-22,26-29,38-39,45-47,52,57-68,89-90,106-108H,10-13,18,23-25,30-37,40-44,86H2,1-9H3,(H2,87,109)(H2,88,110)(H,91,114)(H,92,118)(H,93,111)(H,94,120)(H,95,113)(H,96,116)(H,97,117)(H,98,119)(H,99,115)(H,100,112)/t46-,47-,52+,57-,58-,59-,60-,61-,62-,63-,64-,65-,66-,67-,68-/m0/s1. The number of aromatic hydroxyl groups is 1. The van der Waals surface area contributed by atoms with Crippen molar-refractivity contribution in [1.29, 1.82) is 0 Å². The van der Waals surface area contributed by atoms with Crippen LogP contribution in [0.2, 0.25) is 0 Å². The number of phenols is 1. The molecule has 8 rings (SSSR count). The molecule has 15 atom stereocenters. The van der Waals surface area contributed by atoms with Gasteiger partial charge in [0.1, 0.15) is 90.3 Å².